The van der Waals surface area contributed by atoms with Crippen molar-refractivity contribution in [3.05, 3.63) is 12.2 Å². The predicted octanol–water partition coefficient (Wildman–Crippen LogP) is 9.67. The molecule has 0 fully saturated rings. The van der Waals surface area contributed by atoms with Gasteiger partial charge in [0.1, 0.15) is 0 Å². The minimum absolute atomic E-state index is 0.798. The summed E-state index contributed by atoms with van der Waals surface area (Å²) >= 11 is 0. The third-order valence-electron chi connectivity index (χ3n) is 6.42. The molecule has 1 N–H and O–H groups in total. The fourth-order valence-corrected chi connectivity index (χ4v) is 4.30. The van der Waals surface area contributed by atoms with Crippen molar-refractivity contribution in [3.63, 3.8) is 0 Å². The summed E-state index contributed by atoms with van der Waals surface area (Å²) in [5, 5.41) is 2.73. The van der Waals surface area contributed by atoms with Gasteiger partial charge in [-0.25, -0.2) is 0 Å². The second-order valence-corrected chi connectivity index (χ2v) is 9.55. The van der Waals surface area contributed by atoms with Crippen molar-refractivity contribution in [2.75, 3.05) is 6.54 Å². The molecule has 0 atom stereocenters. The molecule has 1 amide bonds. The Bertz CT molecular complexity index is 353. The van der Waals surface area contributed by atoms with Crippen LogP contribution in [0.3, 0.4) is 0 Å². The fraction of sp³-hybridized carbons (Fsp3) is 0.897. The van der Waals surface area contributed by atoms with Crippen molar-refractivity contribution in [2.24, 2.45) is 0 Å². The van der Waals surface area contributed by atoms with Crippen LogP contribution < -0.4 is 5.32 Å². The van der Waals surface area contributed by atoms with Gasteiger partial charge in [0.05, 0.1) is 0 Å². The third-order valence-corrected chi connectivity index (χ3v) is 6.42. The largest absolute Gasteiger partial charge is 0.359 e. The third kappa shape index (κ3) is 29.2. The number of carbonyl (C=O) groups excluding carboxylic acids is 1. The summed E-state index contributed by atoms with van der Waals surface area (Å²) in [5.74, 6) is 0. The average Bonchev–Trinajstić information content (AvgIpc) is 2.78. The van der Waals surface area contributed by atoms with Gasteiger partial charge in [-0.15, -0.1) is 0 Å². The van der Waals surface area contributed by atoms with E-state index in [0.717, 1.165) is 19.4 Å². The van der Waals surface area contributed by atoms with Crippen molar-refractivity contribution < 1.29 is 4.79 Å². The van der Waals surface area contributed by atoms with Crippen LogP contribution in [0.4, 0.5) is 0 Å². The Kier molecular flexibility index (Phi) is 28.5. The van der Waals surface area contributed by atoms with Crippen LogP contribution in [0.5, 0.6) is 0 Å². The molecule has 0 heterocycles. The molecule has 2 nitrogen and oxygen atoms in total. The lowest BCUT2D eigenvalue weighted by Gasteiger charge is -2.03. The number of nitrogens with one attached hydrogen (secondary N) is 1. The maximum absolute atomic E-state index is 10.1. The summed E-state index contributed by atoms with van der Waals surface area (Å²) in [5.41, 5.74) is 0. The minimum atomic E-state index is 0.798. The highest BCUT2D eigenvalue weighted by molar-refractivity contribution is 5.45. The molecule has 0 spiro atoms. The van der Waals surface area contributed by atoms with E-state index < -0.39 is 0 Å². The zero-order chi connectivity index (χ0) is 22.5. The van der Waals surface area contributed by atoms with Crippen LogP contribution in [0.25, 0.3) is 0 Å². The fourth-order valence-electron chi connectivity index (χ4n) is 4.30. The Balaban J connectivity index is 3.06. The zero-order valence-corrected chi connectivity index (χ0v) is 21.3. The lowest BCUT2D eigenvalue weighted by molar-refractivity contribution is -0.109. The lowest BCUT2D eigenvalue weighted by Crippen LogP contribution is -2.11. The number of rotatable bonds is 27. The van der Waals surface area contributed by atoms with Crippen LogP contribution in [0.1, 0.15) is 161 Å². The molecule has 0 saturated heterocycles. The maximum Gasteiger partial charge on any atom is 0.207 e. The van der Waals surface area contributed by atoms with E-state index in [9.17, 15) is 4.79 Å². The molecule has 31 heavy (non-hydrogen) atoms. The molecule has 0 aromatic heterocycles. The summed E-state index contributed by atoms with van der Waals surface area (Å²) < 4.78 is 0. The molecule has 0 aromatic rings. The van der Waals surface area contributed by atoms with Gasteiger partial charge in [0.25, 0.3) is 0 Å². The highest BCUT2D eigenvalue weighted by atomic mass is 16.1. The van der Waals surface area contributed by atoms with E-state index in [2.05, 4.69) is 24.4 Å². The Morgan fingerprint density at radius 2 is 0.774 bits per heavy atom. The van der Waals surface area contributed by atoms with Gasteiger partial charge in [0, 0.05) is 6.54 Å². The van der Waals surface area contributed by atoms with E-state index in [1.54, 1.807) is 0 Å². The summed E-state index contributed by atoms with van der Waals surface area (Å²) in [6, 6.07) is 0. The van der Waals surface area contributed by atoms with Gasteiger partial charge in [0.15, 0.2) is 0 Å². The molecule has 0 radical (unpaired) electrons. The van der Waals surface area contributed by atoms with Crippen molar-refractivity contribution in [2.45, 2.75) is 161 Å². The number of hydrogen-bond donors (Lipinski definition) is 1. The predicted molar refractivity (Wildman–Crippen MR) is 140 cm³/mol. The van der Waals surface area contributed by atoms with Crippen molar-refractivity contribution in [1.29, 1.82) is 0 Å². The quantitative estimate of drug-likeness (QED) is 0.0776. The summed E-state index contributed by atoms with van der Waals surface area (Å²) in [4.78, 5) is 10.1. The molecule has 0 saturated carbocycles. The van der Waals surface area contributed by atoms with Gasteiger partial charge in [-0.05, 0) is 32.1 Å². The molecular weight excluding hydrogens is 378 g/mol. The van der Waals surface area contributed by atoms with E-state index in [4.69, 9.17) is 0 Å². The molecule has 0 rings (SSSR count). The molecule has 0 bridgehead atoms. The molecule has 0 unspecified atom stereocenters. The van der Waals surface area contributed by atoms with E-state index in [1.807, 2.05) is 0 Å². The number of unbranched alkanes of at least 4 members (excludes halogenated alkanes) is 22. The summed E-state index contributed by atoms with van der Waals surface area (Å²) in [7, 11) is 0. The first-order valence-electron chi connectivity index (χ1n) is 14.2. The van der Waals surface area contributed by atoms with E-state index in [-0.39, 0.29) is 0 Å². The first-order valence-corrected chi connectivity index (χ1v) is 14.2. The number of amides is 1. The van der Waals surface area contributed by atoms with Crippen LogP contribution >= 0.6 is 0 Å². The van der Waals surface area contributed by atoms with Gasteiger partial charge < -0.3 is 5.32 Å². The molecule has 184 valence electrons. The Labute approximate surface area is 196 Å². The minimum Gasteiger partial charge on any atom is -0.359 e. The summed E-state index contributed by atoms with van der Waals surface area (Å²) in [6.45, 7) is 3.14. The highest BCUT2D eigenvalue weighted by Crippen LogP contribution is 2.14. The van der Waals surface area contributed by atoms with Crippen LogP contribution in [0, 0.1) is 0 Å². The SMILES string of the molecule is CCCCCCCCCCCCCCCCCCC=CCCCCCCCCNC=O. The molecule has 0 aliphatic heterocycles. The van der Waals surface area contributed by atoms with Gasteiger partial charge >= 0.3 is 0 Å². The Hall–Kier alpha value is -0.790. The molecular formula is C29H57NO. The van der Waals surface area contributed by atoms with E-state index in [0.29, 0.717) is 0 Å². The van der Waals surface area contributed by atoms with E-state index in [1.165, 1.54) is 148 Å². The van der Waals surface area contributed by atoms with Gasteiger partial charge in [-0.2, -0.15) is 0 Å². The molecule has 0 aliphatic rings. The average molecular weight is 436 g/mol. The van der Waals surface area contributed by atoms with Crippen LogP contribution in [0.2, 0.25) is 0 Å². The molecule has 0 aliphatic carbocycles. The van der Waals surface area contributed by atoms with Crippen molar-refractivity contribution >= 4 is 6.41 Å². The van der Waals surface area contributed by atoms with Crippen molar-refractivity contribution in [3.8, 4) is 0 Å². The second kappa shape index (κ2) is 29.2. The van der Waals surface area contributed by atoms with Crippen LogP contribution in [0.15, 0.2) is 12.2 Å². The standard InChI is InChI=1S/C29H57NO/c1-2-3-4-5-6-7-8-9-10-11-12-13-14-15-16-17-18-19-20-21-22-23-24-25-26-27-28-30-29-31/h19-20,29H,2-18,21-28H2,1H3,(H,30,31). The second-order valence-electron chi connectivity index (χ2n) is 9.55. The van der Waals surface area contributed by atoms with Gasteiger partial charge in [0.2, 0.25) is 6.41 Å². The first kappa shape index (κ1) is 30.2. The number of hydrogen-bond acceptors (Lipinski definition) is 1. The maximum atomic E-state index is 10.1. The summed E-state index contributed by atoms with van der Waals surface area (Å²) in [6.07, 6.45) is 39.0. The topological polar surface area (TPSA) is 29.1 Å². The highest BCUT2D eigenvalue weighted by Gasteiger charge is 1.95. The lowest BCUT2D eigenvalue weighted by atomic mass is 10.0. The Morgan fingerprint density at radius 3 is 1.13 bits per heavy atom. The molecule has 2 heteroatoms. The Morgan fingerprint density at radius 1 is 0.452 bits per heavy atom. The number of carbonyl (C=O) groups is 1. The molecule has 0 aromatic carbocycles. The van der Waals surface area contributed by atoms with Crippen LogP contribution in [-0.4, -0.2) is 13.0 Å². The van der Waals surface area contributed by atoms with Gasteiger partial charge in [-0.3, -0.25) is 4.79 Å². The van der Waals surface area contributed by atoms with Gasteiger partial charge in [-0.1, -0.05) is 141 Å². The monoisotopic (exact) mass is 435 g/mol. The number of allylic oxidation sites excluding steroid dienone is 2. The normalized spacial score (nSPS) is 11.4. The van der Waals surface area contributed by atoms with Crippen molar-refractivity contribution in [1.82, 2.24) is 5.32 Å². The van der Waals surface area contributed by atoms with E-state index >= 15 is 0 Å². The van der Waals surface area contributed by atoms with Crippen LogP contribution in [-0.2, 0) is 4.79 Å². The first-order chi connectivity index (χ1) is 15.4. The zero-order valence-electron chi connectivity index (χ0n) is 21.3. The smallest absolute Gasteiger partial charge is 0.207 e.